The van der Waals surface area contributed by atoms with Crippen molar-refractivity contribution < 1.29 is 0 Å². The van der Waals surface area contributed by atoms with Crippen molar-refractivity contribution in [3.05, 3.63) is 44.6 Å². The van der Waals surface area contributed by atoms with Crippen molar-refractivity contribution in [2.45, 2.75) is 17.6 Å². The van der Waals surface area contributed by atoms with Gasteiger partial charge >= 0.3 is 0 Å². The fraction of sp³-hybridized carbons (Fsp3) is 0.231. The molecule has 0 aliphatic rings. The number of benzene rings is 1. The lowest BCUT2D eigenvalue weighted by atomic mass is 10.3. The van der Waals surface area contributed by atoms with Crippen LogP contribution in [0.4, 0.5) is 5.69 Å². The summed E-state index contributed by atoms with van der Waals surface area (Å²) in [4.78, 5) is 4.08. The number of halogens is 1. The number of thioether (sulfide) groups is 1. The van der Waals surface area contributed by atoms with Gasteiger partial charge in [0.25, 0.3) is 0 Å². The van der Waals surface area contributed by atoms with Crippen LogP contribution in [-0.4, -0.2) is 7.05 Å². The minimum Gasteiger partial charge on any atom is -0.387 e. The van der Waals surface area contributed by atoms with Gasteiger partial charge in [0.1, 0.15) is 0 Å². The fourth-order valence-electron chi connectivity index (χ4n) is 1.56. The molecule has 0 unspecified atom stereocenters. The number of thiophene rings is 1. The normalized spacial score (nSPS) is 10.5. The third-order valence-corrected chi connectivity index (χ3v) is 5.68. The van der Waals surface area contributed by atoms with Gasteiger partial charge < -0.3 is 5.32 Å². The lowest BCUT2D eigenvalue weighted by molar-refractivity contribution is 1.34. The second-order valence-corrected chi connectivity index (χ2v) is 6.88. The summed E-state index contributed by atoms with van der Waals surface area (Å²) in [7, 11) is 1.96. The molecule has 0 saturated heterocycles. The number of rotatable bonds is 4. The van der Waals surface area contributed by atoms with Crippen LogP contribution < -0.4 is 5.32 Å². The maximum atomic E-state index is 3.61. The van der Waals surface area contributed by atoms with E-state index in [4.69, 9.17) is 0 Å². The summed E-state index contributed by atoms with van der Waals surface area (Å²) >= 11 is 7.34. The molecule has 2 rings (SSSR count). The van der Waals surface area contributed by atoms with Gasteiger partial charge in [-0.05, 0) is 47.1 Å². The molecule has 0 bridgehead atoms. The summed E-state index contributed by atoms with van der Waals surface area (Å²) in [6.07, 6.45) is 0. The van der Waals surface area contributed by atoms with E-state index >= 15 is 0 Å². The van der Waals surface area contributed by atoms with E-state index in [9.17, 15) is 0 Å². The Kier molecular flexibility index (Phi) is 4.54. The molecule has 0 aliphatic heterocycles. The van der Waals surface area contributed by atoms with Gasteiger partial charge in [-0.25, -0.2) is 0 Å². The summed E-state index contributed by atoms with van der Waals surface area (Å²) in [5.74, 6) is 1.02. The van der Waals surface area contributed by atoms with Crippen LogP contribution in [-0.2, 0) is 5.75 Å². The molecular formula is C13H14BrNS2. The number of hydrogen-bond donors (Lipinski definition) is 1. The molecule has 0 amide bonds. The zero-order valence-electron chi connectivity index (χ0n) is 9.79. The van der Waals surface area contributed by atoms with Crippen molar-refractivity contribution in [2.75, 3.05) is 12.4 Å². The van der Waals surface area contributed by atoms with Gasteiger partial charge in [0.15, 0.2) is 0 Å². The standard InChI is InChI=1S/C13H14BrNS2/c1-9-6-7-10(17-9)8-16-13-11(14)4-3-5-12(13)15-2/h3-7,15H,8H2,1-2H3. The maximum absolute atomic E-state index is 3.61. The van der Waals surface area contributed by atoms with Gasteiger partial charge in [-0.2, -0.15) is 0 Å². The zero-order valence-corrected chi connectivity index (χ0v) is 13.0. The third kappa shape index (κ3) is 3.27. The SMILES string of the molecule is CNc1cccc(Br)c1SCc1ccc(C)s1. The van der Waals surface area contributed by atoms with E-state index in [0.29, 0.717) is 0 Å². The highest BCUT2D eigenvalue weighted by molar-refractivity contribution is 9.10. The van der Waals surface area contributed by atoms with Crippen LogP contribution in [0.1, 0.15) is 9.75 Å². The highest BCUT2D eigenvalue weighted by Gasteiger charge is 2.07. The number of nitrogens with one attached hydrogen (secondary N) is 1. The van der Waals surface area contributed by atoms with Gasteiger partial charge in [-0.1, -0.05) is 6.07 Å². The van der Waals surface area contributed by atoms with Crippen LogP contribution in [0.5, 0.6) is 0 Å². The Balaban J connectivity index is 2.13. The molecule has 90 valence electrons. The third-order valence-electron chi connectivity index (χ3n) is 2.39. The van der Waals surface area contributed by atoms with E-state index in [1.807, 2.05) is 30.1 Å². The molecule has 1 N–H and O–H groups in total. The van der Waals surface area contributed by atoms with Crippen LogP contribution in [0.3, 0.4) is 0 Å². The Morgan fingerprint density at radius 3 is 2.76 bits per heavy atom. The monoisotopic (exact) mass is 327 g/mol. The van der Waals surface area contributed by atoms with E-state index in [-0.39, 0.29) is 0 Å². The molecule has 0 fully saturated rings. The Labute approximate surface area is 119 Å². The molecule has 1 aromatic heterocycles. The van der Waals surface area contributed by atoms with Crippen molar-refractivity contribution >= 4 is 44.7 Å². The number of hydrogen-bond acceptors (Lipinski definition) is 3. The Morgan fingerprint density at radius 1 is 1.29 bits per heavy atom. The lowest BCUT2D eigenvalue weighted by Crippen LogP contribution is -1.91. The Bertz CT molecular complexity index is 508. The smallest absolute Gasteiger partial charge is 0.0487 e. The predicted octanol–water partition coefficient (Wildman–Crippen LogP) is 5.15. The second-order valence-electron chi connectivity index (χ2n) is 3.67. The summed E-state index contributed by atoms with van der Waals surface area (Å²) in [5.41, 5.74) is 1.18. The Morgan fingerprint density at radius 2 is 2.12 bits per heavy atom. The van der Waals surface area contributed by atoms with Crippen LogP contribution in [0, 0.1) is 6.92 Å². The highest BCUT2D eigenvalue weighted by Crippen LogP contribution is 2.37. The van der Waals surface area contributed by atoms with Gasteiger partial charge in [0.2, 0.25) is 0 Å². The van der Waals surface area contributed by atoms with Gasteiger partial charge in [0, 0.05) is 37.6 Å². The number of aryl methyl sites for hydroxylation is 1. The average Bonchev–Trinajstić information content (AvgIpc) is 2.73. The molecule has 0 radical (unpaired) electrons. The van der Waals surface area contributed by atoms with E-state index in [1.165, 1.54) is 20.3 Å². The predicted molar refractivity (Wildman–Crippen MR) is 82.3 cm³/mol. The molecule has 17 heavy (non-hydrogen) atoms. The van der Waals surface area contributed by atoms with Crippen LogP contribution >= 0.6 is 39.0 Å². The summed E-state index contributed by atoms with van der Waals surface area (Å²) in [6, 6.07) is 10.6. The largest absolute Gasteiger partial charge is 0.387 e. The fourth-order valence-corrected chi connectivity index (χ4v) is 4.28. The molecule has 4 heteroatoms. The summed E-state index contributed by atoms with van der Waals surface area (Å²) in [6.45, 7) is 2.15. The molecule has 0 aliphatic carbocycles. The minimum absolute atomic E-state index is 1.02. The van der Waals surface area contributed by atoms with E-state index in [2.05, 4.69) is 58.5 Å². The average molecular weight is 328 g/mol. The molecule has 1 aromatic carbocycles. The molecule has 2 aromatic rings. The molecule has 0 atom stereocenters. The van der Waals surface area contributed by atoms with E-state index in [0.717, 1.165) is 10.2 Å². The van der Waals surface area contributed by atoms with Crippen molar-refractivity contribution in [3.8, 4) is 0 Å². The number of anilines is 1. The highest BCUT2D eigenvalue weighted by atomic mass is 79.9. The van der Waals surface area contributed by atoms with Crippen LogP contribution in [0.15, 0.2) is 39.7 Å². The quantitative estimate of drug-likeness (QED) is 0.779. The van der Waals surface area contributed by atoms with E-state index < -0.39 is 0 Å². The first kappa shape index (κ1) is 13.0. The first-order valence-corrected chi connectivity index (χ1v) is 7.94. The van der Waals surface area contributed by atoms with Gasteiger partial charge in [-0.3, -0.25) is 0 Å². The van der Waals surface area contributed by atoms with Crippen LogP contribution in [0.2, 0.25) is 0 Å². The van der Waals surface area contributed by atoms with Gasteiger partial charge in [0.05, 0.1) is 0 Å². The van der Waals surface area contributed by atoms with Crippen molar-refractivity contribution in [1.29, 1.82) is 0 Å². The minimum atomic E-state index is 1.02. The van der Waals surface area contributed by atoms with Crippen molar-refractivity contribution in [1.82, 2.24) is 0 Å². The topological polar surface area (TPSA) is 12.0 Å². The molecule has 1 nitrogen and oxygen atoms in total. The maximum Gasteiger partial charge on any atom is 0.0487 e. The van der Waals surface area contributed by atoms with Crippen LogP contribution in [0.25, 0.3) is 0 Å². The van der Waals surface area contributed by atoms with Crippen molar-refractivity contribution in [2.24, 2.45) is 0 Å². The van der Waals surface area contributed by atoms with E-state index in [1.54, 1.807) is 0 Å². The second kappa shape index (κ2) is 5.94. The first-order chi connectivity index (χ1) is 8.20. The Hall–Kier alpha value is -0.450. The molecule has 0 spiro atoms. The lowest BCUT2D eigenvalue weighted by Gasteiger charge is -2.09. The first-order valence-electron chi connectivity index (χ1n) is 5.35. The van der Waals surface area contributed by atoms with Gasteiger partial charge in [-0.15, -0.1) is 23.1 Å². The molecule has 1 heterocycles. The molecular weight excluding hydrogens is 314 g/mol. The van der Waals surface area contributed by atoms with Crippen molar-refractivity contribution in [3.63, 3.8) is 0 Å². The summed E-state index contributed by atoms with van der Waals surface area (Å²) < 4.78 is 1.16. The molecule has 0 saturated carbocycles. The summed E-state index contributed by atoms with van der Waals surface area (Å²) in [5, 5.41) is 3.23. The zero-order chi connectivity index (χ0) is 12.3.